The van der Waals surface area contributed by atoms with E-state index < -0.39 is 17.8 Å². The van der Waals surface area contributed by atoms with Crippen molar-refractivity contribution in [1.29, 1.82) is 0 Å². The molecule has 2 aromatic rings. The number of esters is 1. The van der Waals surface area contributed by atoms with E-state index in [0.717, 1.165) is 10.5 Å². The largest absolute Gasteiger partial charge is 0.459 e. The fourth-order valence-electron chi connectivity index (χ4n) is 2.74. The number of aryl methyl sites for hydroxylation is 1. The summed E-state index contributed by atoms with van der Waals surface area (Å²) in [5.74, 6) is -1.66. The number of amides is 2. The molecule has 0 aliphatic carbocycles. The van der Waals surface area contributed by atoms with Crippen LogP contribution in [0, 0.1) is 6.92 Å². The van der Waals surface area contributed by atoms with E-state index in [1.807, 2.05) is 25.1 Å². The van der Waals surface area contributed by atoms with Gasteiger partial charge in [0, 0.05) is 5.69 Å². The maximum Gasteiger partial charge on any atom is 0.338 e. The summed E-state index contributed by atoms with van der Waals surface area (Å²) < 4.78 is 5.13. The lowest BCUT2D eigenvalue weighted by Gasteiger charge is -2.16. The Morgan fingerprint density at radius 2 is 1.75 bits per heavy atom. The average Bonchev–Trinajstić information content (AvgIpc) is 2.85. The molecule has 1 aliphatic rings. The molecule has 0 radical (unpaired) electrons. The van der Waals surface area contributed by atoms with Gasteiger partial charge in [-0.3, -0.25) is 9.59 Å². The Balaban J connectivity index is 1.82. The van der Waals surface area contributed by atoms with Crippen molar-refractivity contribution in [2.24, 2.45) is 0 Å². The van der Waals surface area contributed by atoms with Crippen molar-refractivity contribution in [2.75, 3.05) is 10.2 Å². The second-order valence-corrected chi connectivity index (χ2v) is 7.01. The third-order valence-corrected chi connectivity index (χ3v) is 4.37. The van der Waals surface area contributed by atoms with Gasteiger partial charge in [0.05, 0.1) is 17.4 Å². The Morgan fingerprint density at radius 3 is 2.36 bits per heavy atom. The van der Waals surface area contributed by atoms with Crippen LogP contribution in [0.25, 0.3) is 0 Å². The molecule has 0 unspecified atom stereocenters. The molecule has 1 N–H and O–H groups in total. The number of benzene rings is 2. The van der Waals surface area contributed by atoms with Crippen molar-refractivity contribution in [3.63, 3.8) is 0 Å². The van der Waals surface area contributed by atoms with Crippen molar-refractivity contribution < 1.29 is 19.1 Å². The number of hydrogen-bond acceptors (Lipinski definition) is 5. The lowest BCUT2D eigenvalue weighted by atomic mass is 10.2. The van der Waals surface area contributed by atoms with Gasteiger partial charge in [0.2, 0.25) is 0 Å². The summed E-state index contributed by atoms with van der Waals surface area (Å²) >= 11 is 6.13. The van der Waals surface area contributed by atoms with Gasteiger partial charge < -0.3 is 10.1 Å². The Kier molecular flexibility index (Phi) is 5.51. The van der Waals surface area contributed by atoms with Crippen molar-refractivity contribution >= 4 is 40.8 Å². The van der Waals surface area contributed by atoms with Crippen LogP contribution in [0.1, 0.15) is 29.8 Å². The van der Waals surface area contributed by atoms with Gasteiger partial charge in [0.15, 0.2) is 0 Å². The SMILES string of the molecule is Cc1cccc(NC2=C(Cl)C(=O)N(c3ccc(C(=O)OC(C)C)cc3)C2=O)c1. The minimum Gasteiger partial charge on any atom is -0.459 e. The van der Waals surface area contributed by atoms with Crippen LogP contribution in [0.2, 0.25) is 0 Å². The molecule has 0 atom stereocenters. The minimum atomic E-state index is -0.626. The number of nitrogens with zero attached hydrogens (tertiary/aromatic N) is 1. The fraction of sp³-hybridized carbons (Fsp3) is 0.190. The summed E-state index contributed by atoms with van der Waals surface area (Å²) in [5.41, 5.74) is 2.31. The summed E-state index contributed by atoms with van der Waals surface area (Å²) in [7, 11) is 0. The number of halogens is 1. The number of imide groups is 1. The zero-order valence-corrected chi connectivity index (χ0v) is 16.4. The van der Waals surface area contributed by atoms with Gasteiger partial charge in [0.1, 0.15) is 10.7 Å². The second-order valence-electron chi connectivity index (χ2n) is 6.63. The van der Waals surface area contributed by atoms with Crippen LogP contribution >= 0.6 is 11.6 Å². The standard InChI is InChI=1S/C21H19ClN2O4/c1-12(2)28-21(27)14-7-9-16(10-8-14)24-19(25)17(22)18(20(24)26)23-15-6-4-5-13(3)11-15/h4-12,23H,1-3H3. The van der Waals surface area contributed by atoms with Crippen LogP contribution in [0.4, 0.5) is 11.4 Å². The number of rotatable bonds is 5. The van der Waals surface area contributed by atoms with Gasteiger partial charge in [-0.25, -0.2) is 9.69 Å². The first-order valence-corrected chi connectivity index (χ1v) is 9.09. The zero-order valence-electron chi connectivity index (χ0n) is 15.7. The van der Waals surface area contributed by atoms with Crippen molar-refractivity contribution in [2.45, 2.75) is 26.9 Å². The van der Waals surface area contributed by atoms with E-state index in [1.54, 1.807) is 19.9 Å². The molecule has 0 aromatic heterocycles. The number of carbonyl (C=O) groups excluding carboxylic acids is 3. The van der Waals surface area contributed by atoms with Gasteiger partial charge >= 0.3 is 5.97 Å². The molecular formula is C21H19ClN2O4. The topological polar surface area (TPSA) is 75.7 Å². The molecule has 0 bridgehead atoms. The van der Waals surface area contributed by atoms with Crippen LogP contribution < -0.4 is 10.2 Å². The molecule has 2 amide bonds. The number of hydrogen-bond donors (Lipinski definition) is 1. The van der Waals surface area contributed by atoms with Gasteiger partial charge in [0.25, 0.3) is 11.8 Å². The molecule has 144 valence electrons. The normalized spacial score (nSPS) is 14.1. The summed E-state index contributed by atoms with van der Waals surface area (Å²) in [6.45, 7) is 5.43. The number of anilines is 2. The van der Waals surface area contributed by atoms with Crippen molar-refractivity contribution in [3.05, 3.63) is 70.4 Å². The quantitative estimate of drug-likeness (QED) is 0.608. The van der Waals surface area contributed by atoms with Gasteiger partial charge in [-0.2, -0.15) is 0 Å². The van der Waals surface area contributed by atoms with E-state index in [2.05, 4.69) is 5.32 Å². The van der Waals surface area contributed by atoms with E-state index in [0.29, 0.717) is 16.9 Å². The average molecular weight is 399 g/mol. The second kappa shape index (κ2) is 7.86. The molecule has 1 heterocycles. The highest BCUT2D eigenvalue weighted by molar-refractivity contribution is 6.53. The highest BCUT2D eigenvalue weighted by Crippen LogP contribution is 2.30. The molecule has 1 aliphatic heterocycles. The Hall–Kier alpha value is -3.12. The van der Waals surface area contributed by atoms with Gasteiger partial charge in [-0.05, 0) is 62.7 Å². The molecule has 0 saturated heterocycles. The van der Waals surface area contributed by atoms with E-state index in [-0.39, 0.29) is 16.8 Å². The third kappa shape index (κ3) is 3.92. The first kappa shape index (κ1) is 19.6. The highest BCUT2D eigenvalue weighted by atomic mass is 35.5. The molecule has 3 rings (SSSR count). The van der Waals surface area contributed by atoms with Crippen LogP contribution in [0.5, 0.6) is 0 Å². The van der Waals surface area contributed by atoms with Crippen molar-refractivity contribution in [3.8, 4) is 0 Å². The van der Waals surface area contributed by atoms with E-state index in [9.17, 15) is 14.4 Å². The lowest BCUT2D eigenvalue weighted by molar-refractivity contribution is -0.120. The molecule has 0 spiro atoms. The molecule has 2 aromatic carbocycles. The zero-order chi connectivity index (χ0) is 20.4. The van der Waals surface area contributed by atoms with E-state index in [1.165, 1.54) is 24.3 Å². The first-order valence-electron chi connectivity index (χ1n) is 8.71. The van der Waals surface area contributed by atoms with Crippen LogP contribution in [-0.4, -0.2) is 23.9 Å². The monoisotopic (exact) mass is 398 g/mol. The van der Waals surface area contributed by atoms with Gasteiger partial charge in [-0.15, -0.1) is 0 Å². The van der Waals surface area contributed by atoms with Crippen molar-refractivity contribution in [1.82, 2.24) is 0 Å². The fourth-order valence-corrected chi connectivity index (χ4v) is 2.95. The maximum absolute atomic E-state index is 12.8. The Bertz CT molecular complexity index is 980. The Morgan fingerprint density at radius 1 is 1.07 bits per heavy atom. The summed E-state index contributed by atoms with van der Waals surface area (Å²) in [6.07, 6.45) is -0.243. The predicted octanol–water partition coefficient (Wildman–Crippen LogP) is 4.00. The number of carbonyl (C=O) groups is 3. The van der Waals surface area contributed by atoms with Crippen LogP contribution in [0.3, 0.4) is 0 Å². The Labute approximate surface area is 167 Å². The number of ether oxygens (including phenoxy) is 1. The summed E-state index contributed by atoms with van der Waals surface area (Å²) in [5, 5.41) is 2.74. The molecule has 0 saturated carbocycles. The van der Waals surface area contributed by atoms with Crippen LogP contribution in [-0.2, 0) is 14.3 Å². The summed E-state index contributed by atoms with van der Waals surface area (Å²) in [4.78, 5) is 38.2. The first-order chi connectivity index (χ1) is 13.3. The molecule has 7 heteroatoms. The molecule has 6 nitrogen and oxygen atoms in total. The predicted molar refractivity (Wildman–Crippen MR) is 107 cm³/mol. The minimum absolute atomic E-state index is 0.0144. The van der Waals surface area contributed by atoms with Crippen LogP contribution in [0.15, 0.2) is 59.3 Å². The molecule has 28 heavy (non-hydrogen) atoms. The maximum atomic E-state index is 12.8. The smallest absolute Gasteiger partial charge is 0.338 e. The summed E-state index contributed by atoms with van der Waals surface area (Å²) in [6, 6.07) is 13.4. The molecular weight excluding hydrogens is 380 g/mol. The van der Waals surface area contributed by atoms with E-state index in [4.69, 9.17) is 16.3 Å². The highest BCUT2D eigenvalue weighted by Gasteiger charge is 2.39. The lowest BCUT2D eigenvalue weighted by Crippen LogP contribution is -2.32. The molecule has 0 fully saturated rings. The third-order valence-electron chi connectivity index (χ3n) is 4.02. The van der Waals surface area contributed by atoms with E-state index >= 15 is 0 Å². The van der Waals surface area contributed by atoms with Gasteiger partial charge in [-0.1, -0.05) is 23.7 Å². The number of nitrogens with one attached hydrogen (secondary N) is 1.